The number of hydrogen-bond donors (Lipinski definition) is 0. The zero-order chi connectivity index (χ0) is 16.7. The van der Waals surface area contributed by atoms with Gasteiger partial charge in [-0.2, -0.15) is 0 Å². The summed E-state index contributed by atoms with van der Waals surface area (Å²) in [4.78, 5) is 9.92. The van der Waals surface area contributed by atoms with Crippen molar-refractivity contribution in [1.82, 2.24) is 9.80 Å². The fraction of sp³-hybridized carbons (Fsp3) is 0.632. The summed E-state index contributed by atoms with van der Waals surface area (Å²) in [5.74, 6) is 1.10. The van der Waals surface area contributed by atoms with Crippen LogP contribution in [0.1, 0.15) is 40.5 Å². The Morgan fingerprint density at radius 1 is 1.09 bits per heavy atom. The molecular formula is C19H31N3S. The molecule has 0 saturated carbocycles. The van der Waals surface area contributed by atoms with Crippen molar-refractivity contribution >= 4 is 22.6 Å². The molecule has 1 saturated heterocycles. The van der Waals surface area contributed by atoms with Crippen LogP contribution < -0.4 is 0 Å². The van der Waals surface area contributed by atoms with Crippen molar-refractivity contribution in [3.8, 4) is 0 Å². The molecule has 0 aromatic heterocycles. The third kappa shape index (κ3) is 5.85. The molecule has 0 amide bonds. The van der Waals surface area contributed by atoms with E-state index in [1.54, 1.807) is 0 Å². The van der Waals surface area contributed by atoms with Gasteiger partial charge in [0.2, 0.25) is 0 Å². The molecule has 0 spiro atoms. The van der Waals surface area contributed by atoms with E-state index >= 15 is 0 Å². The molecule has 1 aromatic rings. The highest BCUT2D eigenvalue weighted by atomic mass is 32.2. The van der Waals surface area contributed by atoms with E-state index in [0.29, 0.717) is 12.1 Å². The molecule has 1 aliphatic rings. The molecule has 1 aromatic carbocycles. The summed E-state index contributed by atoms with van der Waals surface area (Å²) in [6, 6.07) is 11.5. The average Bonchev–Trinajstić information content (AvgIpc) is 3.04. The fourth-order valence-electron chi connectivity index (χ4n) is 3.07. The number of para-hydroxylation sites is 1. The number of thioether (sulfide) groups is 1. The van der Waals surface area contributed by atoms with Crippen LogP contribution in [0, 0.1) is 0 Å². The molecule has 1 heterocycles. The van der Waals surface area contributed by atoms with E-state index < -0.39 is 0 Å². The Kier molecular flexibility index (Phi) is 7.44. The van der Waals surface area contributed by atoms with E-state index in [1.807, 2.05) is 17.8 Å². The first kappa shape index (κ1) is 18.3. The fourth-order valence-corrected chi connectivity index (χ4v) is 4.09. The van der Waals surface area contributed by atoms with Gasteiger partial charge in [0.25, 0.3) is 0 Å². The molecule has 23 heavy (non-hydrogen) atoms. The molecular weight excluding hydrogens is 302 g/mol. The number of hydrogen-bond acceptors (Lipinski definition) is 3. The van der Waals surface area contributed by atoms with Gasteiger partial charge in [-0.15, -0.1) is 0 Å². The minimum Gasteiger partial charge on any atom is -0.351 e. The zero-order valence-electron chi connectivity index (χ0n) is 15.0. The van der Waals surface area contributed by atoms with Crippen LogP contribution in [0.5, 0.6) is 0 Å². The van der Waals surface area contributed by atoms with Crippen molar-refractivity contribution in [2.75, 3.05) is 25.4 Å². The first-order chi connectivity index (χ1) is 11.1. The first-order valence-corrected chi connectivity index (χ1v) is 9.83. The summed E-state index contributed by atoms with van der Waals surface area (Å²) in [5.41, 5.74) is 1.06. The summed E-state index contributed by atoms with van der Waals surface area (Å²) < 4.78 is 0. The molecule has 0 N–H and O–H groups in total. The van der Waals surface area contributed by atoms with Crippen LogP contribution >= 0.6 is 11.8 Å². The van der Waals surface area contributed by atoms with Crippen LogP contribution in [-0.2, 0) is 0 Å². The van der Waals surface area contributed by atoms with Crippen molar-refractivity contribution in [2.24, 2.45) is 4.99 Å². The van der Waals surface area contributed by atoms with Gasteiger partial charge in [-0.05, 0) is 52.7 Å². The standard InChI is InChI=1S/C19H31N3S/c1-16(2)22(17(3)4)14-15-23-19(21-12-8-9-13-21)20-18-10-6-5-7-11-18/h5-7,10-11,16-17H,8-9,12-15H2,1-4H3. The molecule has 4 heteroatoms. The number of rotatable bonds is 6. The van der Waals surface area contributed by atoms with Gasteiger partial charge in [-0.1, -0.05) is 30.0 Å². The van der Waals surface area contributed by atoms with Gasteiger partial charge < -0.3 is 4.90 Å². The van der Waals surface area contributed by atoms with Crippen molar-refractivity contribution < 1.29 is 0 Å². The topological polar surface area (TPSA) is 18.8 Å². The molecule has 3 nitrogen and oxygen atoms in total. The highest BCUT2D eigenvalue weighted by Gasteiger charge is 2.18. The summed E-state index contributed by atoms with van der Waals surface area (Å²) in [6.45, 7) is 12.5. The molecule has 2 rings (SSSR count). The minimum atomic E-state index is 0.594. The van der Waals surface area contributed by atoms with E-state index in [2.05, 4.69) is 61.8 Å². The summed E-state index contributed by atoms with van der Waals surface area (Å²) in [6.07, 6.45) is 2.58. The van der Waals surface area contributed by atoms with E-state index in [4.69, 9.17) is 4.99 Å². The van der Waals surface area contributed by atoms with Gasteiger partial charge in [0, 0.05) is 37.5 Å². The van der Waals surface area contributed by atoms with Gasteiger partial charge >= 0.3 is 0 Å². The molecule has 0 aliphatic carbocycles. The van der Waals surface area contributed by atoms with E-state index in [9.17, 15) is 0 Å². The van der Waals surface area contributed by atoms with E-state index in [1.165, 1.54) is 18.0 Å². The van der Waals surface area contributed by atoms with Crippen LogP contribution in [0.25, 0.3) is 0 Å². The van der Waals surface area contributed by atoms with Crippen molar-refractivity contribution in [1.29, 1.82) is 0 Å². The molecule has 0 atom stereocenters. The van der Waals surface area contributed by atoms with Crippen LogP contribution in [-0.4, -0.2) is 52.4 Å². The Bertz CT molecular complexity index is 471. The summed E-state index contributed by atoms with van der Waals surface area (Å²) in [7, 11) is 0. The quantitative estimate of drug-likeness (QED) is 0.559. The number of aliphatic imine (C=N–C) groups is 1. The summed E-state index contributed by atoms with van der Waals surface area (Å²) in [5, 5.41) is 1.20. The Hall–Kier alpha value is -1.00. The number of benzene rings is 1. The number of nitrogens with zero attached hydrogens (tertiary/aromatic N) is 3. The third-order valence-corrected chi connectivity index (χ3v) is 5.26. The highest BCUT2D eigenvalue weighted by Crippen LogP contribution is 2.21. The lowest BCUT2D eigenvalue weighted by Gasteiger charge is -2.30. The van der Waals surface area contributed by atoms with Gasteiger partial charge in [0.15, 0.2) is 5.17 Å². The first-order valence-electron chi connectivity index (χ1n) is 8.85. The van der Waals surface area contributed by atoms with Crippen molar-refractivity contribution in [2.45, 2.75) is 52.6 Å². The third-order valence-electron chi connectivity index (χ3n) is 4.26. The lowest BCUT2D eigenvalue weighted by atomic mass is 10.2. The lowest BCUT2D eigenvalue weighted by molar-refractivity contribution is 0.187. The normalized spacial score (nSPS) is 16.1. The largest absolute Gasteiger partial charge is 0.351 e. The van der Waals surface area contributed by atoms with Crippen LogP contribution in [0.4, 0.5) is 5.69 Å². The zero-order valence-corrected chi connectivity index (χ0v) is 15.9. The van der Waals surface area contributed by atoms with Gasteiger partial charge in [-0.25, -0.2) is 4.99 Å². The monoisotopic (exact) mass is 333 g/mol. The SMILES string of the molecule is CC(C)N(CCSC(=Nc1ccccc1)N1CCCC1)C(C)C. The number of likely N-dealkylation sites (tertiary alicyclic amines) is 1. The maximum Gasteiger partial charge on any atom is 0.164 e. The molecule has 1 aliphatic heterocycles. The second-order valence-electron chi connectivity index (χ2n) is 6.70. The van der Waals surface area contributed by atoms with Gasteiger partial charge in [-0.3, -0.25) is 4.90 Å². The number of amidine groups is 1. The predicted molar refractivity (Wildman–Crippen MR) is 104 cm³/mol. The predicted octanol–water partition coefficient (Wildman–Crippen LogP) is 4.62. The van der Waals surface area contributed by atoms with Crippen LogP contribution in [0.2, 0.25) is 0 Å². The maximum atomic E-state index is 4.91. The highest BCUT2D eigenvalue weighted by molar-refractivity contribution is 8.13. The van der Waals surface area contributed by atoms with E-state index in [0.717, 1.165) is 31.1 Å². The maximum absolute atomic E-state index is 4.91. The molecule has 0 bridgehead atoms. The molecule has 0 unspecified atom stereocenters. The minimum absolute atomic E-state index is 0.594. The smallest absolute Gasteiger partial charge is 0.164 e. The second-order valence-corrected chi connectivity index (χ2v) is 7.76. The Morgan fingerprint density at radius 2 is 1.70 bits per heavy atom. The van der Waals surface area contributed by atoms with E-state index in [-0.39, 0.29) is 0 Å². The average molecular weight is 334 g/mol. The van der Waals surface area contributed by atoms with Crippen LogP contribution in [0.15, 0.2) is 35.3 Å². The summed E-state index contributed by atoms with van der Waals surface area (Å²) >= 11 is 1.91. The molecule has 128 valence electrons. The Balaban J connectivity index is 1.99. The Morgan fingerprint density at radius 3 is 2.26 bits per heavy atom. The molecule has 0 radical (unpaired) electrons. The van der Waals surface area contributed by atoms with Gasteiger partial charge in [0.1, 0.15) is 0 Å². The molecule has 1 fully saturated rings. The van der Waals surface area contributed by atoms with Gasteiger partial charge in [0.05, 0.1) is 5.69 Å². The second kappa shape index (κ2) is 9.33. The van der Waals surface area contributed by atoms with Crippen molar-refractivity contribution in [3.63, 3.8) is 0 Å². The van der Waals surface area contributed by atoms with Crippen molar-refractivity contribution in [3.05, 3.63) is 30.3 Å². The Labute approximate surface area is 146 Å². The van der Waals surface area contributed by atoms with Crippen LogP contribution in [0.3, 0.4) is 0 Å². The lowest BCUT2D eigenvalue weighted by Crippen LogP contribution is -2.39.